The van der Waals surface area contributed by atoms with Gasteiger partial charge < -0.3 is 19.1 Å². The number of aryl methyl sites for hydroxylation is 1. The van der Waals surface area contributed by atoms with E-state index in [1.807, 2.05) is 43.3 Å². The first-order chi connectivity index (χ1) is 18.5. The van der Waals surface area contributed by atoms with Crippen LogP contribution in [0, 0.1) is 6.92 Å². The molecular weight excluding hydrogens is 511 g/mol. The lowest BCUT2D eigenvalue weighted by Crippen LogP contribution is -2.19. The highest BCUT2D eigenvalue weighted by molar-refractivity contribution is 6.10. The molecule has 0 aliphatic carbocycles. The number of benzene rings is 3. The van der Waals surface area contributed by atoms with Crippen molar-refractivity contribution in [3.63, 3.8) is 0 Å². The fourth-order valence-corrected chi connectivity index (χ4v) is 4.09. The number of hydrogen-bond acceptors (Lipinski definition) is 4. The van der Waals surface area contributed by atoms with Crippen LogP contribution in [-0.4, -0.2) is 40.5 Å². The zero-order valence-electron chi connectivity index (χ0n) is 21.2. The Hall–Kier alpha value is -4.37. The quantitative estimate of drug-likeness (QED) is 0.230. The van der Waals surface area contributed by atoms with Gasteiger partial charge in [0.2, 0.25) is 5.78 Å². The van der Waals surface area contributed by atoms with E-state index in [9.17, 15) is 22.8 Å². The highest BCUT2D eigenvalue weighted by atomic mass is 19.4. The number of carboxylic acids is 1. The second kappa shape index (κ2) is 11.6. The number of aliphatic carboxylic acids is 1. The van der Waals surface area contributed by atoms with Crippen LogP contribution in [0.1, 0.15) is 39.7 Å². The molecule has 4 aromatic rings. The summed E-state index contributed by atoms with van der Waals surface area (Å²) in [5.74, 6) is -1.67. The summed E-state index contributed by atoms with van der Waals surface area (Å²) in [7, 11) is 0. The molecule has 0 spiro atoms. The third kappa shape index (κ3) is 7.14. The Morgan fingerprint density at radius 3 is 2.46 bits per heavy atom. The van der Waals surface area contributed by atoms with Gasteiger partial charge in [-0.15, -0.1) is 13.2 Å². The van der Waals surface area contributed by atoms with Crippen molar-refractivity contribution in [2.24, 2.45) is 0 Å². The SMILES string of the molecule is Cc1ccc(C(=O)c2cc3cc(OC(F)(F)F)ccc3n2Cc2cccc(/C=C/CO[C@@H](C)C(=O)O)c2)cc1. The van der Waals surface area contributed by atoms with Crippen molar-refractivity contribution in [3.05, 3.63) is 107 Å². The minimum absolute atomic E-state index is 0.122. The Kier molecular flexibility index (Phi) is 8.21. The summed E-state index contributed by atoms with van der Waals surface area (Å²) in [5.41, 5.74) is 4.05. The van der Waals surface area contributed by atoms with Crippen molar-refractivity contribution in [2.45, 2.75) is 32.9 Å². The average Bonchev–Trinajstić information content (AvgIpc) is 3.23. The smallest absolute Gasteiger partial charge is 0.479 e. The molecule has 0 amide bonds. The number of aromatic nitrogens is 1. The number of nitrogens with zero attached hydrogens (tertiary/aromatic N) is 1. The van der Waals surface area contributed by atoms with E-state index in [1.165, 1.54) is 25.1 Å². The van der Waals surface area contributed by atoms with Crippen molar-refractivity contribution < 1.29 is 37.3 Å². The molecule has 39 heavy (non-hydrogen) atoms. The fourth-order valence-electron chi connectivity index (χ4n) is 4.09. The van der Waals surface area contributed by atoms with Crippen LogP contribution >= 0.6 is 0 Å². The number of carbonyl (C=O) groups is 2. The number of ketones is 1. The summed E-state index contributed by atoms with van der Waals surface area (Å²) in [5, 5.41) is 9.35. The van der Waals surface area contributed by atoms with Crippen LogP contribution in [0.3, 0.4) is 0 Å². The Balaban J connectivity index is 1.67. The molecule has 1 atom stereocenters. The molecular formula is C30H26F3NO5. The molecule has 0 saturated heterocycles. The van der Waals surface area contributed by atoms with E-state index in [2.05, 4.69) is 4.74 Å². The number of rotatable bonds is 10. The predicted molar refractivity (Wildman–Crippen MR) is 141 cm³/mol. The van der Waals surface area contributed by atoms with E-state index in [0.29, 0.717) is 22.2 Å². The van der Waals surface area contributed by atoms with Crippen LogP contribution in [0.2, 0.25) is 0 Å². The van der Waals surface area contributed by atoms with Crippen molar-refractivity contribution in [1.82, 2.24) is 4.57 Å². The second-order valence-electron chi connectivity index (χ2n) is 9.04. The van der Waals surface area contributed by atoms with Crippen LogP contribution in [0.5, 0.6) is 5.75 Å². The number of hydrogen-bond donors (Lipinski definition) is 1. The maximum absolute atomic E-state index is 13.5. The zero-order chi connectivity index (χ0) is 28.2. The van der Waals surface area contributed by atoms with E-state index >= 15 is 0 Å². The third-order valence-corrected chi connectivity index (χ3v) is 6.05. The molecule has 0 aliphatic heterocycles. The lowest BCUT2D eigenvalue weighted by molar-refractivity contribution is -0.274. The Bertz CT molecular complexity index is 1520. The summed E-state index contributed by atoms with van der Waals surface area (Å²) in [6.45, 7) is 3.77. The van der Waals surface area contributed by atoms with Crippen LogP contribution in [-0.2, 0) is 16.1 Å². The highest BCUT2D eigenvalue weighted by Crippen LogP contribution is 2.30. The summed E-state index contributed by atoms with van der Waals surface area (Å²) in [6, 6.07) is 20.2. The normalized spacial score (nSPS) is 12.6. The molecule has 6 nitrogen and oxygen atoms in total. The van der Waals surface area contributed by atoms with Gasteiger partial charge in [0.25, 0.3) is 0 Å². The van der Waals surface area contributed by atoms with Gasteiger partial charge in [0.15, 0.2) is 6.10 Å². The minimum Gasteiger partial charge on any atom is -0.479 e. The molecule has 1 aromatic heterocycles. The maximum atomic E-state index is 13.5. The molecule has 4 rings (SSSR count). The first kappa shape index (κ1) is 27.7. The summed E-state index contributed by atoms with van der Waals surface area (Å²) in [6.07, 6.45) is -2.25. The highest BCUT2D eigenvalue weighted by Gasteiger charge is 2.31. The van der Waals surface area contributed by atoms with E-state index in [4.69, 9.17) is 9.84 Å². The monoisotopic (exact) mass is 537 g/mol. The topological polar surface area (TPSA) is 77.8 Å². The van der Waals surface area contributed by atoms with E-state index in [1.54, 1.807) is 34.9 Å². The molecule has 0 radical (unpaired) electrons. The van der Waals surface area contributed by atoms with Gasteiger partial charge >= 0.3 is 12.3 Å². The molecule has 202 valence electrons. The molecule has 0 bridgehead atoms. The van der Waals surface area contributed by atoms with Gasteiger partial charge in [-0.1, -0.05) is 60.2 Å². The van der Waals surface area contributed by atoms with Crippen LogP contribution in [0.25, 0.3) is 17.0 Å². The molecule has 9 heteroatoms. The van der Waals surface area contributed by atoms with Gasteiger partial charge in [-0.05, 0) is 55.3 Å². The molecule has 0 saturated carbocycles. The predicted octanol–water partition coefficient (Wildman–Crippen LogP) is 6.63. The largest absolute Gasteiger partial charge is 0.573 e. The van der Waals surface area contributed by atoms with Crippen molar-refractivity contribution >= 4 is 28.7 Å². The average molecular weight is 538 g/mol. The standard InChI is InChI=1S/C30H26F3NO5/c1-19-8-10-23(11-9-19)28(35)27-17-24-16-25(39-30(31,32)33)12-13-26(24)34(27)18-22-6-3-5-21(15-22)7-4-14-38-20(2)29(36)37/h3-13,15-17,20H,14,18H2,1-2H3,(H,36,37)/b7-4+/t20-/m0/s1. The van der Waals surface area contributed by atoms with Gasteiger partial charge in [0, 0.05) is 23.0 Å². The molecule has 1 N–H and O–H groups in total. The molecule has 0 fully saturated rings. The van der Waals surface area contributed by atoms with Gasteiger partial charge in [-0.25, -0.2) is 4.79 Å². The van der Waals surface area contributed by atoms with Gasteiger partial charge in [-0.3, -0.25) is 4.79 Å². The third-order valence-electron chi connectivity index (χ3n) is 6.05. The second-order valence-corrected chi connectivity index (χ2v) is 9.04. The first-order valence-electron chi connectivity index (χ1n) is 12.1. The number of halogens is 3. The van der Waals surface area contributed by atoms with E-state index < -0.39 is 18.4 Å². The number of carboxylic acid groups (broad SMARTS) is 1. The van der Waals surface area contributed by atoms with Gasteiger partial charge in [-0.2, -0.15) is 0 Å². The van der Waals surface area contributed by atoms with Crippen LogP contribution in [0.15, 0.2) is 78.9 Å². The molecule has 0 unspecified atom stereocenters. The zero-order valence-corrected chi connectivity index (χ0v) is 21.2. The summed E-state index contributed by atoms with van der Waals surface area (Å²) >= 11 is 0. The minimum atomic E-state index is -4.83. The Morgan fingerprint density at radius 2 is 1.77 bits per heavy atom. The number of carbonyl (C=O) groups excluding carboxylic acids is 1. The lowest BCUT2D eigenvalue weighted by atomic mass is 10.1. The van der Waals surface area contributed by atoms with Crippen molar-refractivity contribution in [3.8, 4) is 5.75 Å². The Labute approximate surface area is 222 Å². The molecule has 0 aliphatic rings. The van der Waals surface area contributed by atoms with Gasteiger partial charge in [0.05, 0.1) is 12.3 Å². The van der Waals surface area contributed by atoms with Crippen LogP contribution < -0.4 is 4.74 Å². The van der Waals surface area contributed by atoms with Gasteiger partial charge in [0.1, 0.15) is 5.75 Å². The van der Waals surface area contributed by atoms with Crippen LogP contribution in [0.4, 0.5) is 13.2 Å². The van der Waals surface area contributed by atoms with E-state index in [-0.39, 0.29) is 24.7 Å². The maximum Gasteiger partial charge on any atom is 0.573 e. The van der Waals surface area contributed by atoms with E-state index in [0.717, 1.165) is 16.7 Å². The first-order valence-corrected chi connectivity index (χ1v) is 12.1. The van der Waals surface area contributed by atoms with Crippen molar-refractivity contribution in [1.29, 1.82) is 0 Å². The summed E-state index contributed by atoms with van der Waals surface area (Å²) in [4.78, 5) is 24.4. The summed E-state index contributed by atoms with van der Waals surface area (Å²) < 4.78 is 49.5. The van der Waals surface area contributed by atoms with Crippen molar-refractivity contribution in [2.75, 3.05) is 6.61 Å². The molecule has 3 aromatic carbocycles. The molecule has 1 heterocycles. The number of fused-ring (bicyclic) bond motifs is 1. The fraction of sp³-hybridized carbons (Fsp3) is 0.200. The number of ether oxygens (including phenoxy) is 2. The lowest BCUT2D eigenvalue weighted by Gasteiger charge is -2.12. The number of alkyl halides is 3. The Morgan fingerprint density at radius 1 is 1.03 bits per heavy atom.